The van der Waals surface area contributed by atoms with Crippen molar-refractivity contribution in [1.29, 1.82) is 0 Å². The number of aromatic amines is 1. The molecule has 0 radical (unpaired) electrons. The minimum Gasteiger partial charge on any atom is -0.359 e. The van der Waals surface area contributed by atoms with Gasteiger partial charge in [-0.2, -0.15) is 22.7 Å². The number of nitrogens with one attached hydrogen (secondary N) is 2. The fourth-order valence-corrected chi connectivity index (χ4v) is 4.79. The summed E-state index contributed by atoms with van der Waals surface area (Å²) in [6.07, 6.45) is -1.28. The first-order valence-electron chi connectivity index (χ1n) is 12.4. The highest BCUT2D eigenvalue weighted by Gasteiger charge is 2.41. The fraction of sp³-hybridized carbons (Fsp3) is 0.333. The van der Waals surface area contributed by atoms with E-state index in [1.165, 1.54) is 28.8 Å². The average Bonchev–Trinajstić information content (AvgIpc) is 3.36. The molecule has 1 aliphatic carbocycles. The van der Waals surface area contributed by atoms with Crippen molar-refractivity contribution in [3.8, 4) is 11.4 Å². The summed E-state index contributed by atoms with van der Waals surface area (Å²) in [5.41, 5.74) is -1.31. The second-order valence-electron chi connectivity index (χ2n) is 9.34. The SMILES string of the molecule is O=C(NCc1ccccc1C(F)(F)F)C1(OCc2cc(=O)n3[nH]c(-c4ccccc4)nc3n2)CCCCC1. The van der Waals surface area contributed by atoms with Crippen LogP contribution in [0.3, 0.4) is 0 Å². The quantitative estimate of drug-likeness (QED) is 0.366. The maximum absolute atomic E-state index is 13.4. The number of carbonyl (C=O) groups is 1. The molecule has 2 aromatic carbocycles. The molecule has 1 saturated carbocycles. The normalized spacial score (nSPS) is 15.4. The lowest BCUT2D eigenvalue weighted by molar-refractivity contribution is -0.155. The number of aromatic nitrogens is 4. The Morgan fingerprint density at radius 1 is 1.03 bits per heavy atom. The molecule has 1 amide bonds. The molecule has 1 fully saturated rings. The van der Waals surface area contributed by atoms with Gasteiger partial charge in [0.1, 0.15) is 5.60 Å². The Morgan fingerprint density at radius 2 is 1.74 bits per heavy atom. The molecule has 1 aliphatic rings. The van der Waals surface area contributed by atoms with E-state index >= 15 is 0 Å². The smallest absolute Gasteiger partial charge is 0.359 e. The highest BCUT2D eigenvalue weighted by atomic mass is 19.4. The molecular weight excluding hydrogens is 499 g/mol. The molecule has 2 N–H and O–H groups in total. The number of hydrogen-bond acceptors (Lipinski definition) is 5. The minimum absolute atomic E-state index is 0.0211. The second-order valence-corrected chi connectivity index (χ2v) is 9.34. The molecule has 2 aromatic heterocycles. The van der Waals surface area contributed by atoms with Crippen molar-refractivity contribution in [3.05, 3.63) is 87.8 Å². The molecule has 11 heteroatoms. The first kappa shape index (κ1) is 25.7. The van der Waals surface area contributed by atoms with Crippen LogP contribution in [0.25, 0.3) is 17.2 Å². The molecule has 198 valence electrons. The van der Waals surface area contributed by atoms with Gasteiger partial charge in [0.05, 0.1) is 17.9 Å². The van der Waals surface area contributed by atoms with E-state index in [0.717, 1.165) is 30.9 Å². The Labute approximate surface area is 215 Å². The lowest BCUT2D eigenvalue weighted by Crippen LogP contribution is -2.50. The van der Waals surface area contributed by atoms with Gasteiger partial charge in [-0.05, 0) is 24.5 Å². The molecule has 38 heavy (non-hydrogen) atoms. The number of alkyl halides is 3. The number of ether oxygens (including phenoxy) is 1. The summed E-state index contributed by atoms with van der Waals surface area (Å²) in [7, 11) is 0. The third-order valence-corrected chi connectivity index (χ3v) is 6.76. The summed E-state index contributed by atoms with van der Waals surface area (Å²) in [5.74, 6) is 0.175. The van der Waals surface area contributed by atoms with Crippen molar-refractivity contribution in [1.82, 2.24) is 24.9 Å². The van der Waals surface area contributed by atoms with Gasteiger partial charge < -0.3 is 10.1 Å². The first-order chi connectivity index (χ1) is 18.2. The lowest BCUT2D eigenvalue weighted by atomic mass is 9.83. The molecular formula is C27H26F3N5O3. The van der Waals surface area contributed by atoms with Crippen LogP contribution < -0.4 is 10.9 Å². The number of carbonyl (C=O) groups excluding carboxylic acids is 1. The third-order valence-electron chi connectivity index (χ3n) is 6.76. The summed E-state index contributed by atoms with van der Waals surface area (Å²) < 4.78 is 47.5. The monoisotopic (exact) mass is 525 g/mol. The zero-order valence-electron chi connectivity index (χ0n) is 20.4. The summed E-state index contributed by atoms with van der Waals surface area (Å²) in [4.78, 5) is 34.8. The zero-order valence-corrected chi connectivity index (χ0v) is 20.4. The third kappa shape index (κ3) is 5.33. The van der Waals surface area contributed by atoms with Crippen LogP contribution in [-0.4, -0.2) is 31.1 Å². The molecule has 0 unspecified atom stereocenters. The number of halogens is 3. The molecule has 0 spiro atoms. The van der Waals surface area contributed by atoms with E-state index in [1.54, 1.807) is 0 Å². The van der Waals surface area contributed by atoms with E-state index in [0.29, 0.717) is 24.4 Å². The molecule has 8 nitrogen and oxygen atoms in total. The number of fused-ring (bicyclic) bond motifs is 1. The van der Waals surface area contributed by atoms with Crippen molar-refractivity contribution in [2.75, 3.05) is 0 Å². The first-order valence-corrected chi connectivity index (χ1v) is 12.4. The molecule has 0 aliphatic heterocycles. The topological polar surface area (TPSA) is 101 Å². The second kappa shape index (κ2) is 10.4. The van der Waals surface area contributed by atoms with Crippen LogP contribution in [-0.2, 0) is 28.9 Å². The standard InChI is InChI=1S/C27H26F3N5O3/c28-27(29,30)21-12-6-5-11-19(21)16-31-24(37)26(13-7-2-8-14-26)38-17-20-15-22(36)35-25(32-20)33-23(34-35)18-9-3-1-4-10-18/h1,3-6,9-12,15H,2,7-8,13-14,16-17H2,(H,31,37)(H,32,33,34). The van der Waals surface area contributed by atoms with Gasteiger partial charge >= 0.3 is 6.18 Å². The number of rotatable bonds is 7. The summed E-state index contributed by atoms with van der Waals surface area (Å²) >= 11 is 0. The van der Waals surface area contributed by atoms with E-state index in [2.05, 4.69) is 20.4 Å². The van der Waals surface area contributed by atoms with Crippen LogP contribution in [0.1, 0.15) is 48.9 Å². The van der Waals surface area contributed by atoms with E-state index in [-0.39, 0.29) is 30.1 Å². The Balaban J connectivity index is 1.34. The van der Waals surface area contributed by atoms with E-state index < -0.39 is 23.2 Å². The molecule has 0 atom stereocenters. The molecule has 4 aromatic rings. The van der Waals surface area contributed by atoms with Crippen molar-refractivity contribution >= 4 is 11.7 Å². The summed E-state index contributed by atoms with van der Waals surface area (Å²) in [6, 6.07) is 15.8. The van der Waals surface area contributed by atoms with E-state index in [1.807, 2.05) is 30.3 Å². The van der Waals surface area contributed by atoms with Crippen molar-refractivity contribution in [2.45, 2.75) is 57.0 Å². The number of nitrogens with zero attached hydrogens (tertiary/aromatic N) is 3. The fourth-order valence-electron chi connectivity index (χ4n) is 4.79. The number of H-pyrrole nitrogens is 1. The highest BCUT2D eigenvalue weighted by Crippen LogP contribution is 2.34. The molecule has 0 saturated heterocycles. The predicted molar refractivity (Wildman–Crippen MR) is 133 cm³/mol. The van der Waals surface area contributed by atoms with Gasteiger partial charge in [0.15, 0.2) is 5.82 Å². The van der Waals surface area contributed by atoms with Gasteiger partial charge in [0.2, 0.25) is 0 Å². The minimum atomic E-state index is -4.52. The van der Waals surface area contributed by atoms with Gasteiger partial charge in [-0.1, -0.05) is 67.8 Å². The van der Waals surface area contributed by atoms with Gasteiger partial charge in [0, 0.05) is 18.2 Å². The van der Waals surface area contributed by atoms with Crippen LogP contribution in [0.5, 0.6) is 0 Å². The number of benzene rings is 2. The highest BCUT2D eigenvalue weighted by molar-refractivity contribution is 5.85. The zero-order chi connectivity index (χ0) is 26.8. The van der Waals surface area contributed by atoms with Crippen molar-refractivity contribution < 1.29 is 22.7 Å². The van der Waals surface area contributed by atoms with Gasteiger partial charge in [0.25, 0.3) is 17.2 Å². The Kier molecular flexibility index (Phi) is 7.02. The van der Waals surface area contributed by atoms with Gasteiger partial charge in [-0.25, -0.2) is 4.98 Å². The number of amides is 1. The van der Waals surface area contributed by atoms with Crippen LogP contribution in [0.4, 0.5) is 13.2 Å². The molecule has 0 bridgehead atoms. The van der Waals surface area contributed by atoms with Crippen LogP contribution in [0, 0.1) is 0 Å². The number of hydrogen-bond donors (Lipinski definition) is 2. The lowest BCUT2D eigenvalue weighted by Gasteiger charge is -2.35. The Hall–Kier alpha value is -3.99. The predicted octanol–water partition coefficient (Wildman–Crippen LogP) is 4.64. The maximum atomic E-state index is 13.4. The van der Waals surface area contributed by atoms with E-state index in [4.69, 9.17) is 4.74 Å². The maximum Gasteiger partial charge on any atom is 0.416 e. The van der Waals surface area contributed by atoms with Crippen LogP contribution in [0.15, 0.2) is 65.5 Å². The largest absolute Gasteiger partial charge is 0.416 e. The van der Waals surface area contributed by atoms with Crippen molar-refractivity contribution in [2.24, 2.45) is 0 Å². The van der Waals surface area contributed by atoms with Gasteiger partial charge in [-0.15, -0.1) is 0 Å². The van der Waals surface area contributed by atoms with Crippen LogP contribution in [0.2, 0.25) is 0 Å². The Bertz CT molecular complexity index is 1490. The molecule has 2 heterocycles. The summed E-state index contributed by atoms with van der Waals surface area (Å²) in [6.45, 7) is -0.396. The Morgan fingerprint density at radius 3 is 2.47 bits per heavy atom. The van der Waals surface area contributed by atoms with E-state index in [9.17, 15) is 22.8 Å². The average molecular weight is 526 g/mol. The summed E-state index contributed by atoms with van der Waals surface area (Å²) in [5, 5.41) is 5.58. The molecule has 5 rings (SSSR count). The van der Waals surface area contributed by atoms with Crippen molar-refractivity contribution in [3.63, 3.8) is 0 Å². The van der Waals surface area contributed by atoms with Gasteiger partial charge in [-0.3, -0.25) is 14.7 Å². The van der Waals surface area contributed by atoms with Crippen LogP contribution >= 0.6 is 0 Å².